The van der Waals surface area contributed by atoms with Crippen LogP contribution >= 0.6 is 23.4 Å². The third-order valence-electron chi connectivity index (χ3n) is 6.69. The van der Waals surface area contributed by atoms with Crippen molar-refractivity contribution < 1.29 is 18.3 Å². The van der Waals surface area contributed by atoms with Crippen LogP contribution in [0.4, 0.5) is 8.78 Å². The maximum Gasteiger partial charge on any atom is 0.278 e. The minimum atomic E-state index is -2.88. The van der Waals surface area contributed by atoms with E-state index in [2.05, 4.69) is 15.0 Å². The Kier molecular flexibility index (Phi) is 5.64. The van der Waals surface area contributed by atoms with Crippen LogP contribution in [0.2, 0.25) is 0 Å². The fraction of sp³-hybridized carbons (Fsp3) is 0.500. The van der Waals surface area contributed by atoms with Crippen LogP contribution in [-0.2, 0) is 11.3 Å². The molecule has 2 aromatic rings. The van der Waals surface area contributed by atoms with E-state index in [1.54, 1.807) is 23.0 Å². The largest absolute Gasteiger partial charge is 0.367 e. The molecule has 0 amide bonds. The van der Waals surface area contributed by atoms with Gasteiger partial charge >= 0.3 is 0 Å². The fourth-order valence-corrected chi connectivity index (χ4v) is 6.70. The van der Waals surface area contributed by atoms with Crippen molar-refractivity contribution in [2.24, 2.45) is 5.92 Å². The van der Waals surface area contributed by atoms with Gasteiger partial charge in [-0.25, -0.2) is 18.4 Å². The molecule has 2 unspecified atom stereocenters. The van der Waals surface area contributed by atoms with Crippen molar-refractivity contribution in [2.45, 2.75) is 43.1 Å². The molecule has 5 heterocycles. The lowest BCUT2D eigenvalue weighted by molar-refractivity contribution is -0.215. The normalized spacial score (nSPS) is 26.7. The quantitative estimate of drug-likeness (QED) is 0.611. The van der Waals surface area contributed by atoms with E-state index >= 15 is 0 Å². The SMILES string of the molecule is Cc1nn(-c2ncccc2C=O)cc1CN1CCC2(CC1)OCC(F)(F)C1C=C(Cl)SC12. The van der Waals surface area contributed by atoms with Crippen molar-refractivity contribution in [3.8, 4) is 5.82 Å². The Morgan fingerprint density at radius 1 is 1.38 bits per heavy atom. The Balaban J connectivity index is 1.28. The Morgan fingerprint density at radius 3 is 2.91 bits per heavy atom. The second kappa shape index (κ2) is 8.20. The van der Waals surface area contributed by atoms with Crippen LogP contribution in [0.15, 0.2) is 35.0 Å². The molecule has 3 aliphatic heterocycles. The number of aldehydes is 1. The molecule has 2 atom stereocenters. The lowest BCUT2D eigenvalue weighted by atomic mass is 9.77. The number of piperidine rings is 1. The molecule has 3 aliphatic rings. The summed E-state index contributed by atoms with van der Waals surface area (Å²) in [4.78, 5) is 17.9. The number of fused-ring (bicyclic) bond motifs is 2. The third-order valence-corrected chi connectivity index (χ3v) is 8.42. The number of thioether (sulfide) groups is 1. The van der Waals surface area contributed by atoms with Crippen molar-refractivity contribution in [3.63, 3.8) is 0 Å². The topological polar surface area (TPSA) is 60.2 Å². The smallest absolute Gasteiger partial charge is 0.278 e. The van der Waals surface area contributed by atoms with E-state index in [1.165, 1.54) is 17.8 Å². The van der Waals surface area contributed by atoms with Gasteiger partial charge in [0.05, 0.1) is 32.4 Å². The number of likely N-dealkylation sites (tertiary alicyclic amines) is 1. The number of alkyl halides is 2. The van der Waals surface area contributed by atoms with Crippen molar-refractivity contribution in [1.82, 2.24) is 19.7 Å². The standard InChI is InChI=1S/C22H23ClF2N4O2S/c1-14-16(11-29(27-14)20-15(12-30)3-2-6-26-20)10-28-7-4-21(5-8-28)19-17(9-18(23)32-19)22(24,25)13-31-21/h2-3,6,9,11-12,17,19H,4-5,7-8,10,13H2,1H3. The molecule has 2 aromatic heterocycles. The van der Waals surface area contributed by atoms with Crippen LogP contribution in [0.25, 0.3) is 5.82 Å². The van der Waals surface area contributed by atoms with Gasteiger partial charge in [-0.2, -0.15) is 5.10 Å². The van der Waals surface area contributed by atoms with E-state index in [9.17, 15) is 13.6 Å². The van der Waals surface area contributed by atoms with Crippen LogP contribution in [0.3, 0.4) is 0 Å². The molecule has 0 radical (unpaired) electrons. The van der Waals surface area contributed by atoms with Gasteiger partial charge in [-0.1, -0.05) is 11.6 Å². The number of aryl methyl sites for hydroxylation is 1. The lowest BCUT2D eigenvalue weighted by Gasteiger charge is -2.51. The van der Waals surface area contributed by atoms with E-state index in [0.717, 1.165) is 30.6 Å². The molecule has 0 aromatic carbocycles. The van der Waals surface area contributed by atoms with Crippen LogP contribution in [0.5, 0.6) is 0 Å². The highest BCUT2D eigenvalue weighted by atomic mass is 35.5. The zero-order valence-electron chi connectivity index (χ0n) is 17.5. The number of carbonyl (C=O) groups is 1. The number of allylic oxidation sites excluding steroid dienone is 1. The molecular formula is C22H23ClF2N4O2S. The summed E-state index contributed by atoms with van der Waals surface area (Å²) in [7, 11) is 0. The highest BCUT2D eigenvalue weighted by Gasteiger charge is 2.60. The summed E-state index contributed by atoms with van der Waals surface area (Å²) in [6.45, 7) is 3.54. The number of ether oxygens (including phenoxy) is 1. The number of pyridine rings is 1. The Bertz CT molecular complexity index is 1070. The maximum absolute atomic E-state index is 14.4. The minimum absolute atomic E-state index is 0.351. The molecule has 10 heteroatoms. The van der Waals surface area contributed by atoms with Crippen molar-refractivity contribution in [1.29, 1.82) is 0 Å². The summed E-state index contributed by atoms with van der Waals surface area (Å²) < 4.78 is 36.7. The third kappa shape index (κ3) is 3.79. The summed E-state index contributed by atoms with van der Waals surface area (Å²) in [6.07, 6.45) is 7.17. The lowest BCUT2D eigenvalue weighted by Crippen LogP contribution is -2.61. The van der Waals surface area contributed by atoms with Crippen molar-refractivity contribution in [3.05, 3.63) is 51.8 Å². The Labute approximate surface area is 194 Å². The average molecular weight is 481 g/mol. The fourth-order valence-electron chi connectivity index (χ4n) is 4.87. The first-order valence-electron chi connectivity index (χ1n) is 10.6. The first kappa shape index (κ1) is 22.0. The average Bonchev–Trinajstić information content (AvgIpc) is 3.37. The molecular weight excluding hydrogens is 458 g/mol. The molecule has 5 rings (SSSR count). The van der Waals surface area contributed by atoms with Crippen molar-refractivity contribution >= 4 is 29.6 Å². The molecule has 6 nitrogen and oxygen atoms in total. The monoisotopic (exact) mass is 480 g/mol. The van der Waals surface area contributed by atoms with E-state index < -0.39 is 24.0 Å². The van der Waals surface area contributed by atoms with E-state index in [1.807, 2.05) is 13.1 Å². The number of hydrogen-bond donors (Lipinski definition) is 0. The molecule has 170 valence electrons. The first-order valence-corrected chi connectivity index (χ1v) is 11.8. The molecule has 0 saturated carbocycles. The number of nitrogens with zero attached hydrogens (tertiary/aromatic N) is 4. The molecule has 2 fully saturated rings. The summed E-state index contributed by atoms with van der Waals surface area (Å²) in [5, 5.41) is 4.19. The predicted molar refractivity (Wildman–Crippen MR) is 118 cm³/mol. The molecule has 1 spiro atoms. The van der Waals surface area contributed by atoms with E-state index in [-0.39, 0.29) is 5.25 Å². The number of rotatable bonds is 4. The van der Waals surface area contributed by atoms with Gasteiger partial charge < -0.3 is 4.74 Å². The number of hydrogen-bond acceptors (Lipinski definition) is 6. The van der Waals surface area contributed by atoms with Gasteiger partial charge in [0.2, 0.25) is 0 Å². The highest BCUT2D eigenvalue weighted by molar-refractivity contribution is 8.05. The number of halogens is 3. The zero-order valence-corrected chi connectivity index (χ0v) is 19.1. The minimum Gasteiger partial charge on any atom is -0.367 e. The van der Waals surface area contributed by atoms with Gasteiger partial charge in [-0.3, -0.25) is 9.69 Å². The number of aromatic nitrogens is 3. The number of carbonyl (C=O) groups excluding carboxylic acids is 1. The molecule has 0 aliphatic carbocycles. The summed E-state index contributed by atoms with van der Waals surface area (Å²) in [5.74, 6) is -3.25. The maximum atomic E-state index is 14.4. The van der Waals surface area contributed by atoms with Crippen LogP contribution in [-0.4, -0.2) is 62.4 Å². The molecule has 32 heavy (non-hydrogen) atoms. The summed E-state index contributed by atoms with van der Waals surface area (Å²) in [5.41, 5.74) is 1.80. The summed E-state index contributed by atoms with van der Waals surface area (Å²) in [6, 6.07) is 3.42. The van der Waals surface area contributed by atoms with Gasteiger partial charge in [0.1, 0.15) is 6.61 Å². The van der Waals surface area contributed by atoms with Gasteiger partial charge in [0, 0.05) is 37.6 Å². The molecule has 2 saturated heterocycles. The second-order valence-electron chi connectivity index (χ2n) is 8.64. The second-order valence-corrected chi connectivity index (χ2v) is 10.5. The summed E-state index contributed by atoms with van der Waals surface area (Å²) >= 11 is 7.46. The van der Waals surface area contributed by atoms with E-state index in [0.29, 0.717) is 35.1 Å². The van der Waals surface area contributed by atoms with E-state index in [4.69, 9.17) is 16.3 Å². The first-order chi connectivity index (χ1) is 15.3. The van der Waals surface area contributed by atoms with Gasteiger partial charge in [0.15, 0.2) is 12.1 Å². The van der Waals surface area contributed by atoms with Crippen LogP contribution in [0.1, 0.15) is 34.5 Å². The zero-order chi connectivity index (χ0) is 22.5. The predicted octanol–water partition coefficient (Wildman–Crippen LogP) is 4.20. The van der Waals surface area contributed by atoms with Crippen molar-refractivity contribution in [2.75, 3.05) is 19.7 Å². The Morgan fingerprint density at radius 2 is 2.16 bits per heavy atom. The van der Waals surface area contributed by atoms with Crippen LogP contribution < -0.4 is 0 Å². The Hall–Kier alpha value is -1.81. The van der Waals surface area contributed by atoms with Gasteiger partial charge in [-0.05, 0) is 38.0 Å². The molecule has 0 bridgehead atoms. The van der Waals surface area contributed by atoms with Crippen LogP contribution in [0, 0.1) is 12.8 Å². The van der Waals surface area contributed by atoms with Gasteiger partial charge in [-0.15, -0.1) is 11.8 Å². The van der Waals surface area contributed by atoms with Gasteiger partial charge in [0.25, 0.3) is 5.92 Å². The highest BCUT2D eigenvalue weighted by Crippen LogP contribution is 2.56. The molecule has 0 N–H and O–H groups in total.